The van der Waals surface area contributed by atoms with Gasteiger partial charge in [0.05, 0.1) is 11.3 Å². The Morgan fingerprint density at radius 2 is 2.03 bits per heavy atom. The average Bonchev–Trinajstić information content (AvgIpc) is 3.48. The van der Waals surface area contributed by atoms with Crippen molar-refractivity contribution in [2.75, 3.05) is 5.32 Å². The monoisotopic (exact) mass is 423 g/mol. The van der Waals surface area contributed by atoms with Crippen LogP contribution in [0.25, 0.3) is 22.8 Å². The van der Waals surface area contributed by atoms with Crippen LogP contribution in [0.2, 0.25) is 0 Å². The van der Waals surface area contributed by atoms with Gasteiger partial charge >= 0.3 is 0 Å². The second kappa shape index (κ2) is 8.58. The molecule has 0 spiro atoms. The molecule has 1 N–H and O–H groups in total. The lowest BCUT2D eigenvalue weighted by Crippen LogP contribution is -2.14. The first-order valence-electron chi connectivity index (χ1n) is 9.60. The summed E-state index contributed by atoms with van der Waals surface area (Å²) in [6.45, 7) is 5.91. The molecule has 0 aliphatic carbocycles. The van der Waals surface area contributed by atoms with E-state index < -0.39 is 0 Å². The summed E-state index contributed by atoms with van der Waals surface area (Å²) in [7, 11) is 0. The molecular weight excluding hydrogens is 402 g/mol. The number of rotatable bonds is 7. The summed E-state index contributed by atoms with van der Waals surface area (Å²) in [5, 5.41) is 14.8. The molecule has 0 bridgehead atoms. The van der Waals surface area contributed by atoms with Gasteiger partial charge in [-0.3, -0.25) is 4.79 Å². The molecule has 1 aromatic carbocycles. The molecule has 0 atom stereocenters. The third-order valence-corrected chi connectivity index (χ3v) is 5.22. The van der Waals surface area contributed by atoms with Gasteiger partial charge in [-0.1, -0.05) is 36.3 Å². The number of hydrogen-bond acceptors (Lipinski definition) is 8. The van der Waals surface area contributed by atoms with Crippen LogP contribution in [0.3, 0.4) is 0 Å². The lowest BCUT2D eigenvalue weighted by molar-refractivity contribution is -0.116. The van der Waals surface area contributed by atoms with E-state index in [0.717, 1.165) is 11.1 Å². The number of nitrogens with one attached hydrogen (secondary N) is 1. The fourth-order valence-electron chi connectivity index (χ4n) is 2.88. The number of aromatic nitrogens is 4. The molecule has 8 nitrogen and oxygen atoms in total. The van der Waals surface area contributed by atoms with Gasteiger partial charge in [0.15, 0.2) is 5.82 Å². The van der Waals surface area contributed by atoms with Crippen molar-refractivity contribution in [3.05, 3.63) is 52.3 Å². The fourth-order valence-corrected chi connectivity index (χ4v) is 3.51. The Hall–Kier alpha value is -3.33. The van der Waals surface area contributed by atoms with E-state index in [2.05, 4.69) is 25.6 Å². The summed E-state index contributed by atoms with van der Waals surface area (Å²) in [4.78, 5) is 21.4. The van der Waals surface area contributed by atoms with Crippen LogP contribution >= 0.6 is 11.3 Å². The van der Waals surface area contributed by atoms with Gasteiger partial charge in [-0.2, -0.15) is 21.3 Å². The zero-order chi connectivity index (χ0) is 21.1. The lowest BCUT2D eigenvalue weighted by Gasteiger charge is -2.11. The molecule has 3 aromatic heterocycles. The number of anilines is 1. The van der Waals surface area contributed by atoms with Gasteiger partial charge in [0.25, 0.3) is 5.89 Å². The largest absolute Gasteiger partial charge is 0.339 e. The Bertz CT molecular complexity index is 1150. The zero-order valence-corrected chi connectivity index (χ0v) is 17.7. The summed E-state index contributed by atoms with van der Waals surface area (Å²) >= 11 is 1.56. The van der Waals surface area contributed by atoms with Gasteiger partial charge in [-0.25, -0.2) is 0 Å². The van der Waals surface area contributed by atoms with Crippen LogP contribution in [0.1, 0.15) is 43.5 Å². The topological polar surface area (TPSA) is 107 Å². The average molecular weight is 423 g/mol. The number of thiophene rings is 1. The quantitative estimate of drug-likeness (QED) is 0.453. The highest BCUT2D eigenvalue weighted by atomic mass is 32.1. The lowest BCUT2D eigenvalue weighted by atomic mass is 10.1. The molecule has 0 radical (unpaired) electrons. The smallest absolute Gasteiger partial charge is 0.260 e. The molecule has 0 unspecified atom stereocenters. The highest BCUT2D eigenvalue weighted by Gasteiger charge is 2.18. The normalized spacial score (nSPS) is 11.2. The molecule has 0 aliphatic rings. The van der Waals surface area contributed by atoms with Crippen LogP contribution in [0.4, 0.5) is 5.69 Å². The van der Waals surface area contributed by atoms with Crippen LogP contribution in [0, 0.1) is 6.92 Å². The fraction of sp³-hybridized carbons (Fsp3) is 0.286. The number of para-hydroxylation sites is 1. The minimum atomic E-state index is -0.163. The molecule has 0 aliphatic heterocycles. The minimum Gasteiger partial charge on any atom is -0.339 e. The molecule has 154 valence electrons. The summed E-state index contributed by atoms with van der Waals surface area (Å²) in [6, 6.07) is 7.59. The molecule has 0 fully saturated rings. The van der Waals surface area contributed by atoms with E-state index in [1.165, 1.54) is 0 Å². The van der Waals surface area contributed by atoms with Crippen LogP contribution in [0.5, 0.6) is 0 Å². The summed E-state index contributed by atoms with van der Waals surface area (Å²) in [6.07, 6.45) is 0.558. The SMILES string of the molecule is Cc1cccc(-c2nc(C(C)C)no2)c1NC(=O)CCc1nc(-c2ccsc2)no1. The first-order chi connectivity index (χ1) is 14.5. The maximum atomic E-state index is 12.6. The molecule has 3 heterocycles. The second-order valence-corrected chi connectivity index (χ2v) is 7.96. The van der Waals surface area contributed by atoms with Crippen molar-refractivity contribution in [1.82, 2.24) is 20.3 Å². The Labute approximate surface area is 177 Å². The zero-order valence-electron chi connectivity index (χ0n) is 16.9. The highest BCUT2D eigenvalue weighted by Crippen LogP contribution is 2.30. The summed E-state index contributed by atoms with van der Waals surface area (Å²) in [5.74, 6) is 1.96. The standard InChI is InChI=1S/C21H21N5O3S/c1-12(2)19-24-21(29-25-19)15-6-4-5-13(3)18(15)22-16(27)7-8-17-23-20(26-28-17)14-9-10-30-11-14/h4-6,9-12H,7-8H2,1-3H3,(H,22,27). The van der Waals surface area contributed by atoms with E-state index in [0.29, 0.717) is 41.1 Å². The van der Waals surface area contributed by atoms with Crippen molar-refractivity contribution in [3.63, 3.8) is 0 Å². The Morgan fingerprint density at radius 3 is 2.77 bits per heavy atom. The van der Waals surface area contributed by atoms with Gasteiger partial charge in [0, 0.05) is 29.7 Å². The third-order valence-electron chi connectivity index (χ3n) is 4.54. The van der Waals surface area contributed by atoms with Crippen molar-refractivity contribution < 1.29 is 13.8 Å². The highest BCUT2D eigenvalue weighted by molar-refractivity contribution is 7.08. The van der Waals surface area contributed by atoms with Crippen molar-refractivity contribution in [2.24, 2.45) is 0 Å². The third kappa shape index (κ3) is 4.30. The number of carbonyl (C=O) groups excluding carboxylic acids is 1. The van der Waals surface area contributed by atoms with Gasteiger partial charge in [-0.05, 0) is 30.0 Å². The molecule has 9 heteroatoms. The molecule has 30 heavy (non-hydrogen) atoms. The van der Waals surface area contributed by atoms with Crippen molar-refractivity contribution in [1.29, 1.82) is 0 Å². The molecule has 0 saturated carbocycles. The van der Waals surface area contributed by atoms with Gasteiger partial charge in [-0.15, -0.1) is 0 Å². The van der Waals surface area contributed by atoms with E-state index in [4.69, 9.17) is 9.05 Å². The maximum absolute atomic E-state index is 12.6. The van der Waals surface area contributed by atoms with Gasteiger partial charge < -0.3 is 14.4 Å². The Morgan fingerprint density at radius 1 is 1.17 bits per heavy atom. The van der Waals surface area contributed by atoms with Crippen LogP contribution in [0.15, 0.2) is 44.1 Å². The molecule has 1 amide bonds. The van der Waals surface area contributed by atoms with Crippen LogP contribution in [-0.2, 0) is 11.2 Å². The maximum Gasteiger partial charge on any atom is 0.260 e. The van der Waals surface area contributed by atoms with E-state index >= 15 is 0 Å². The Kier molecular flexibility index (Phi) is 5.71. The molecular formula is C21H21N5O3S. The van der Waals surface area contributed by atoms with Gasteiger partial charge in [0.2, 0.25) is 17.6 Å². The molecule has 4 rings (SSSR count). The van der Waals surface area contributed by atoms with E-state index in [1.54, 1.807) is 11.3 Å². The number of benzene rings is 1. The van der Waals surface area contributed by atoms with E-state index in [-0.39, 0.29) is 18.2 Å². The predicted octanol–water partition coefficient (Wildman–Crippen LogP) is 4.85. The molecule has 0 saturated heterocycles. The number of nitrogens with zero attached hydrogens (tertiary/aromatic N) is 4. The predicted molar refractivity (Wildman–Crippen MR) is 113 cm³/mol. The summed E-state index contributed by atoms with van der Waals surface area (Å²) in [5.41, 5.74) is 3.17. The Balaban J connectivity index is 1.45. The van der Waals surface area contributed by atoms with Crippen LogP contribution < -0.4 is 5.32 Å². The van der Waals surface area contributed by atoms with Crippen molar-refractivity contribution in [3.8, 4) is 22.8 Å². The number of aryl methyl sites for hydroxylation is 2. The van der Waals surface area contributed by atoms with E-state index in [1.807, 2.05) is 55.8 Å². The first-order valence-corrected chi connectivity index (χ1v) is 10.5. The molecule has 4 aromatic rings. The van der Waals surface area contributed by atoms with Gasteiger partial charge in [0.1, 0.15) is 0 Å². The van der Waals surface area contributed by atoms with Crippen LogP contribution in [-0.4, -0.2) is 26.2 Å². The van der Waals surface area contributed by atoms with E-state index in [9.17, 15) is 4.79 Å². The minimum absolute atomic E-state index is 0.152. The number of carbonyl (C=O) groups is 1. The van der Waals surface area contributed by atoms with Crippen molar-refractivity contribution in [2.45, 2.75) is 39.5 Å². The number of amides is 1. The first kappa shape index (κ1) is 20.0. The second-order valence-electron chi connectivity index (χ2n) is 7.18. The van der Waals surface area contributed by atoms with Crippen molar-refractivity contribution >= 4 is 22.9 Å². The number of hydrogen-bond donors (Lipinski definition) is 1. The summed E-state index contributed by atoms with van der Waals surface area (Å²) < 4.78 is 10.7.